The molecule has 152 valence electrons. The third-order valence-electron chi connectivity index (χ3n) is 5.89. The summed E-state index contributed by atoms with van der Waals surface area (Å²) >= 11 is 0. The normalized spacial score (nSPS) is 32.6. The molecule has 4 bridgehead atoms. The van der Waals surface area contributed by atoms with Crippen LogP contribution in [0.2, 0.25) is 0 Å². The second-order valence-corrected chi connectivity index (χ2v) is 10.6. The molecule has 0 aromatic rings. The van der Waals surface area contributed by atoms with E-state index in [2.05, 4.69) is 20.8 Å². The Hall–Kier alpha value is -1.59. The molecule has 4 atom stereocenters. The minimum atomic E-state index is -0.670. The first-order valence-electron chi connectivity index (χ1n) is 9.97. The van der Waals surface area contributed by atoms with E-state index in [0.29, 0.717) is 25.2 Å². The van der Waals surface area contributed by atoms with Crippen molar-refractivity contribution < 1.29 is 28.6 Å². The van der Waals surface area contributed by atoms with Crippen LogP contribution in [0.4, 0.5) is 0 Å². The maximum atomic E-state index is 12.4. The fourth-order valence-corrected chi connectivity index (χ4v) is 5.49. The van der Waals surface area contributed by atoms with Gasteiger partial charge in [0.15, 0.2) is 6.61 Å². The van der Waals surface area contributed by atoms with E-state index in [1.165, 1.54) is 0 Å². The lowest BCUT2D eigenvalue weighted by Gasteiger charge is -2.45. The molecule has 0 spiro atoms. The molecular formula is C21H32O6. The van der Waals surface area contributed by atoms with Crippen molar-refractivity contribution in [2.24, 2.45) is 22.7 Å². The predicted octanol–water partition coefficient (Wildman–Crippen LogP) is 3.41. The van der Waals surface area contributed by atoms with Crippen LogP contribution >= 0.6 is 0 Å². The SMILES string of the molecule is CC(C)(C)CC(C)(C)C(=O)OCC(=O)OC12CC3CC(C1)OC(=O)C(C3)C2. The summed E-state index contributed by atoms with van der Waals surface area (Å²) in [5, 5.41) is 0. The van der Waals surface area contributed by atoms with Gasteiger partial charge in [0.2, 0.25) is 0 Å². The van der Waals surface area contributed by atoms with Crippen molar-refractivity contribution in [1.82, 2.24) is 0 Å². The second kappa shape index (κ2) is 6.78. The summed E-state index contributed by atoms with van der Waals surface area (Å²) in [7, 11) is 0. The maximum absolute atomic E-state index is 12.4. The lowest BCUT2D eigenvalue weighted by atomic mass is 9.65. The van der Waals surface area contributed by atoms with Gasteiger partial charge in [0.25, 0.3) is 0 Å². The van der Waals surface area contributed by atoms with Gasteiger partial charge in [-0.3, -0.25) is 9.59 Å². The highest BCUT2D eigenvalue weighted by Crippen LogP contribution is 2.51. The molecule has 0 amide bonds. The van der Waals surface area contributed by atoms with Crippen LogP contribution in [0.15, 0.2) is 0 Å². The molecule has 2 aliphatic carbocycles. The van der Waals surface area contributed by atoms with Gasteiger partial charge in [-0.05, 0) is 50.9 Å². The maximum Gasteiger partial charge on any atom is 0.344 e. The van der Waals surface area contributed by atoms with Crippen molar-refractivity contribution in [3.05, 3.63) is 0 Å². The van der Waals surface area contributed by atoms with Crippen LogP contribution in [0.1, 0.15) is 73.1 Å². The van der Waals surface area contributed by atoms with Crippen LogP contribution in [-0.4, -0.2) is 36.2 Å². The zero-order valence-corrected chi connectivity index (χ0v) is 17.1. The van der Waals surface area contributed by atoms with Gasteiger partial charge in [0.05, 0.1) is 11.3 Å². The zero-order valence-electron chi connectivity index (χ0n) is 17.1. The summed E-state index contributed by atoms with van der Waals surface area (Å²) in [6.07, 6.45) is 4.02. The van der Waals surface area contributed by atoms with Crippen molar-refractivity contribution in [2.75, 3.05) is 6.61 Å². The Balaban J connectivity index is 1.57. The van der Waals surface area contributed by atoms with E-state index >= 15 is 0 Å². The van der Waals surface area contributed by atoms with Crippen LogP contribution in [0, 0.1) is 22.7 Å². The smallest absolute Gasteiger partial charge is 0.344 e. The monoisotopic (exact) mass is 380 g/mol. The Morgan fingerprint density at radius 2 is 1.81 bits per heavy atom. The van der Waals surface area contributed by atoms with E-state index in [-0.39, 0.29) is 30.0 Å². The Labute approximate surface area is 161 Å². The van der Waals surface area contributed by atoms with Crippen molar-refractivity contribution in [2.45, 2.75) is 84.8 Å². The third-order valence-corrected chi connectivity index (χ3v) is 5.89. The summed E-state index contributed by atoms with van der Waals surface area (Å²) in [4.78, 5) is 36.9. The van der Waals surface area contributed by atoms with Crippen LogP contribution < -0.4 is 0 Å². The van der Waals surface area contributed by atoms with Gasteiger partial charge >= 0.3 is 17.9 Å². The van der Waals surface area contributed by atoms with E-state index in [0.717, 1.165) is 19.3 Å². The summed E-state index contributed by atoms with van der Waals surface area (Å²) in [6, 6.07) is 0. The molecule has 2 heterocycles. The summed E-state index contributed by atoms with van der Waals surface area (Å²) in [6.45, 7) is 9.47. The highest BCUT2D eigenvalue weighted by molar-refractivity contribution is 5.80. The fourth-order valence-electron chi connectivity index (χ4n) is 5.49. The molecule has 4 fully saturated rings. The third kappa shape index (κ3) is 4.64. The van der Waals surface area contributed by atoms with Crippen molar-refractivity contribution >= 4 is 17.9 Å². The molecule has 27 heavy (non-hydrogen) atoms. The van der Waals surface area contributed by atoms with Crippen molar-refractivity contribution in [3.8, 4) is 0 Å². The number of esters is 3. The molecule has 2 aliphatic heterocycles. The van der Waals surface area contributed by atoms with E-state index < -0.39 is 23.0 Å². The van der Waals surface area contributed by atoms with Crippen LogP contribution in [0.5, 0.6) is 0 Å². The first-order valence-corrected chi connectivity index (χ1v) is 9.97. The second-order valence-electron chi connectivity index (χ2n) is 10.6. The van der Waals surface area contributed by atoms with Gasteiger partial charge in [-0.25, -0.2) is 4.79 Å². The van der Waals surface area contributed by atoms with Crippen molar-refractivity contribution in [3.63, 3.8) is 0 Å². The highest BCUT2D eigenvalue weighted by atomic mass is 16.6. The molecule has 2 saturated heterocycles. The molecule has 6 nitrogen and oxygen atoms in total. The molecule has 0 aromatic heterocycles. The number of hydrogen-bond donors (Lipinski definition) is 0. The van der Waals surface area contributed by atoms with Gasteiger partial charge in [-0.15, -0.1) is 0 Å². The number of carbonyl (C=O) groups is 3. The Kier molecular flexibility index (Phi) is 5.06. The topological polar surface area (TPSA) is 78.9 Å². The van der Waals surface area contributed by atoms with E-state index in [1.54, 1.807) is 0 Å². The van der Waals surface area contributed by atoms with Crippen LogP contribution in [0.3, 0.4) is 0 Å². The molecule has 4 aliphatic rings. The molecule has 0 N–H and O–H groups in total. The molecular weight excluding hydrogens is 348 g/mol. The quantitative estimate of drug-likeness (QED) is 0.537. The van der Waals surface area contributed by atoms with E-state index in [4.69, 9.17) is 14.2 Å². The molecule has 4 rings (SSSR count). The standard InChI is InChI=1S/C21H32O6/c1-19(2,3)12-20(4,5)18(24)25-11-16(22)27-21-8-13-6-14(9-21)17(23)26-15(7-13)10-21/h13-15H,6-12H2,1-5H3. The lowest BCUT2D eigenvalue weighted by Crippen LogP contribution is -2.48. The van der Waals surface area contributed by atoms with Crippen LogP contribution in [0.25, 0.3) is 0 Å². The van der Waals surface area contributed by atoms with Crippen LogP contribution in [-0.2, 0) is 28.6 Å². The van der Waals surface area contributed by atoms with E-state index in [1.807, 2.05) is 13.8 Å². The number of ether oxygens (including phenoxy) is 3. The molecule has 2 saturated carbocycles. The number of fused-ring (bicyclic) bond motifs is 1. The van der Waals surface area contributed by atoms with Gasteiger partial charge in [0, 0.05) is 12.8 Å². The summed E-state index contributed by atoms with van der Waals surface area (Å²) in [5.41, 5.74) is -1.34. The van der Waals surface area contributed by atoms with Crippen molar-refractivity contribution in [1.29, 1.82) is 0 Å². The van der Waals surface area contributed by atoms with E-state index in [9.17, 15) is 14.4 Å². The summed E-state index contributed by atoms with van der Waals surface area (Å²) < 4.78 is 16.6. The average molecular weight is 380 g/mol. The van der Waals surface area contributed by atoms with Gasteiger partial charge in [0.1, 0.15) is 11.7 Å². The molecule has 6 heteroatoms. The average Bonchev–Trinajstić information content (AvgIpc) is 2.64. The molecule has 0 radical (unpaired) electrons. The lowest BCUT2D eigenvalue weighted by molar-refractivity contribution is -0.183. The molecule has 4 unspecified atom stereocenters. The number of carbonyl (C=O) groups excluding carboxylic acids is 3. The highest BCUT2D eigenvalue weighted by Gasteiger charge is 2.54. The first-order chi connectivity index (χ1) is 12.4. The number of hydrogen-bond acceptors (Lipinski definition) is 6. The first kappa shape index (κ1) is 20.2. The van der Waals surface area contributed by atoms with Gasteiger partial charge < -0.3 is 14.2 Å². The van der Waals surface area contributed by atoms with Gasteiger partial charge in [-0.2, -0.15) is 0 Å². The fraction of sp³-hybridized carbons (Fsp3) is 0.857. The largest absolute Gasteiger partial charge is 0.462 e. The Morgan fingerprint density at radius 1 is 1.11 bits per heavy atom. The predicted molar refractivity (Wildman–Crippen MR) is 97.6 cm³/mol. The molecule has 0 aromatic carbocycles. The Bertz CT molecular complexity index is 631. The minimum absolute atomic E-state index is 0.0208. The zero-order chi connectivity index (χ0) is 20.0. The number of rotatable bonds is 5. The van der Waals surface area contributed by atoms with Gasteiger partial charge in [-0.1, -0.05) is 20.8 Å². The minimum Gasteiger partial charge on any atom is -0.462 e. The summed E-state index contributed by atoms with van der Waals surface area (Å²) in [5.74, 6) is -0.914. The Morgan fingerprint density at radius 3 is 2.48 bits per heavy atom.